The van der Waals surface area contributed by atoms with Crippen molar-refractivity contribution >= 4 is 11.9 Å². The first-order chi connectivity index (χ1) is 14.5. The molecule has 0 amide bonds. The maximum absolute atomic E-state index is 12.4. The van der Waals surface area contributed by atoms with E-state index in [1.807, 2.05) is 54.6 Å². The molecule has 0 aliphatic carbocycles. The Labute approximate surface area is 173 Å². The Kier molecular flexibility index (Phi) is 7.16. The summed E-state index contributed by atoms with van der Waals surface area (Å²) in [6, 6.07) is 21.2. The Hall–Kier alpha value is -3.67. The van der Waals surface area contributed by atoms with Crippen LogP contribution in [0.4, 0.5) is 8.78 Å². The monoisotopic (exact) mass is 410 g/mol. The summed E-state index contributed by atoms with van der Waals surface area (Å²) in [7, 11) is 1.32. The molecule has 0 radical (unpaired) electrons. The number of ketones is 1. The maximum atomic E-state index is 12.4. The van der Waals surface area contributed by atoms with E-state index in [0.717, 1.165) is 16.9 Å². The molecule has 154 valence electrons. The lowest BCUT2D eigenvalue weighted by molar-refractivity contribution is -0.0512. The van der Waals surface area contributed by atoms with Crippen LogP contribution in [0, 0.1) is 0 Å². The quantitative estimate of drug-likeness (QED) is 0.332. The lowest BCUT2D eigenvalue weighted by atomic mass is 10.1. The molecule has 30 heavy (non-hydrogen) atoms. The Morgan fingerprint density at radius 2 is 1.70 bits per heavy atom. The number of alkyl halides is 2. The molecule has 0 spiro atoms. The van der Waals surface area contributed by atoms with Gasteiger partial charge < -0.3 is 14.2 Å². The molecule has 3 aromatic rings. The van der Waals surface area contributed by atoms with Crippen molar-refractivity contribution in [3.05, 3.63) is 95.6 Å². The van der Waals surface area contributed by atoms with E-state index in [9.17, 15) is 13.6 Å². The molecule has 0 bridgehead atoms. The molecule has 6 heteroatoms. The highest BCUT2D eigenvalue weighted by Crippen LogP contribution is 2.29. The minimum absolute atomic E-state index is 0.0643. The fourth-order valence-corrected chi connectivity index (χ4v) is 2.70. The third kappa shape index (κ3) is 5.91. The molecule has 0 fully saturated rings. The number of hydrogen-bond donors (Lipinski definition) is 0. The molecule has 0 atom stereocenters. The van der Waals surface area contributed by atoms with Crippen LogP contribution in [0.3, 0.4) is 0 Å². The molecule has 0 aromatic heterocycles. The molecule has 0 heterocycles. The molecule has 3 aromatic carbocycles. The number of halogens is 2. The average molecular weight is 410 g/mol. The predicted octanol–water partition coefficient (Wildman–Crippen LogP) is 5.77. The minimum atomic E-state index is -2.97. The van der Waals surface area contributed by atoms with Crippen LogP contribution in [-0.4, -0.2) is 19.5 Å². The van der Waals surface area contributed by atoms with Crippen molar-refractivity contribution in [1.82, 2.24) is 0 Å². The summed E-state index contributed by atoms with van der Waals surface area (Å²) in [5.74, 6) is 0.372. The topological polar surface area (TPSA) is 44.8 Å². The largest absolute Gasteiger partial charge is 0.493 e. The van der Waals surface area contributed by atoms with Gasteiger partial charge in [-0.15, -0.1) is 0 Å². The lowest BCUT2D eigenvalue weighted by Crippen LogP contribution is -2.04. The van der Waals surface area contributed by atoms with E-state index in [1.54, 1.807) is 6.08 Å². The summed E-state index contributed by atoms with van der Waals surface area (Å²) >= 11 is 0. The molecule has 3 rings (SSSR count). The number of carbonyl (C=O) groups excluding carboxylic acids is 1. The number of benzene rings is 3. The smallest absolute Gasteiger partial charge is 0.387 e. The third-order valence-corrected chi connectivity index (χ3v) is 4.22. The van der Waals surface area contributed by atoms with Gasteiger partial charge in [-0.3, -0.25) is 4.79 Å². The number of carbonyl (C=O) groups is 1. The van der Waals surface area contributed by atoms with Gasteiger partial charge >= 0.3 is 6.61 Å². The molecule has 0 saturated carbocycles. The Morgan fingerprint density at radius 1 is 0.967 bits per heavy atom. The first-order valence-electron chi connectivity index (χ1n) is 9.17. The van der Waals surface area contributed by atoms with Crippen molar-refractivity contribution < 1.29 is 27.8 Å². The van der Waals surface area contributed by atoms with Crippen molar-refractivity contribution in [3.63, 3.8) is 0 Å². The second kappa shape index (κ2) is 10.2. The molecule has 0 saturated heterocycles. The van der Waals surface area contributed by atoms with Crippen LogP contribution in [0.5, 0.6) is 17.2 Å². The third-order valence-electron chi connectivity index (χ3n) is 4.22. The standard InChI is InChI=1S/C24H20F2O4/c1-28-23-15-19(10-14-22(23)30-24(25)26)21(27)13-9-17-7-11-20(12-8-17)29-16-18-5-3-2-4-6-18/h2-15,24H,16H2,1H3/b13-9+. The predicted molar refractivity (Wildman–Crippen MR) is 110 cm³/mol. The highest BCUT2D eigenvalue weighted by atomic mass is 19.3. The number of allylic oxidation sites excluding steroid dienone is 1. The fourth-order valence-electron chi connectivity index (χ4n) is 2.70. The Morgan fingerprint density at radius 3 is 2.37 bits per heavy atom. The van der Waals surface area contributed by atoms with Crippen LogP contribution in [-0.2, 0) is 6.61 Å². The fraction of sp³-hybridized carbons (Fsp3) is 0.125. The first kappa shape index (κ1) is 21.0. The second-order valence-corrected chi connectivity index (χ2v) is 6.29. The second-order valence-electron chi connectivity index (χ2n) is 6.29. The summed E-state index contributed by atoms with van der Waals surface area (Å²) in [5.41, 5.74) is 2.19. The van der Waals surface area contributed by atoms with Gasteiger partial charge in [0.15, 0.2) is 17.3 Å². The zero-order valence-corrected chi connectivity index (χ0v) is 16.3. The molecule has 0 N–H and O–H groups in total. The number of methoxy groups -OCH3 is 1. The summed E-state index contributed by atoms with van der Waals surface area (Å²) in [5, 5.41) is 0. The van der Waals surface area contributed by atoms with Gasteiger partial charge in [-0.25, -0.2) is 0 Å². The van der Waals surface area contributed by atoms with E-state index >= 15 is 0 Å². The molecule has 0 aliphatic heterocycles. The van der Waals surface area contributed by atoms with E-state index in [1.165, 1.54) is 31.4 Å². The van der Waals surface area contributed by atoms with E-state index < -0.39 is 6.61 Å². The number of ether oxygens (including phenoxy) is 3. The van der Waals surface area contributed by atoms with E-state index in [4.69, 9.17) is 9.47 Å². The van der Waals surface area contributed by atoms with Gasteiger partial charge in [-0.1, -0.05) is 48.5 Å². The average Bonchev–Trinajstić information content (AvgIpc) is 2.77. The van der Waals surface area contributed by atoms with Gasteiger partial charge in [0.1, 0.15) is 12.4 Å². The van der Waals surface area contributed by atoms with Crippen molar-refractivity contribution in [2.75, 3.05) is 7.11 Å². The van der Waals surface area contributed by atoms with Crippen molar-refractivity contribution in [2.24, 2.45) is 0 Å². The van der Waals surface area contributed by atoms with Gasteiger partial charge in [0, 0.05) is 5.56 Å². The van der Waals surface area contributed by atoms with Crippen molar-refractivity contribution in [2.45, 2.75) is 13.2 Å². The van der Waals surface area contributed by atoms with Gasteiger partial charge in [0.25, 0.3) is 0 Å². The first-order valence-corrected chi connectivity index (χ1v) is 9.17. The summed E-state index contributed by atoms with van der Waals surface area (Å²) in [6.45, 7) is -2.50. The van der Waals surface area contributed by atoms with Crippen LogP contribution >= 0.6 is 0 Å². The van der Waals surface area contributed by atoms with Gasteiger partial charge in [-0.2, -0.15) is 8.78 Å². The molecule has 0 unspecified atom stereocenters. The minimum Gasteiger partial charge on any atom is -0.493 e. The molecular formula is C24H20F2O4. The zero-order chi connectivity index (χ0) is 21.3. The molecule has 4 nitrogen and oxygen atoms in total. The number of hydrogen-bond acceptors (Lipinski definition) is 4. The number of rotatable bonds is 9. The van der Waals surface area contributed by atoms with E-state index in [2.05, 4.69) is 4.74 Å². The highest BCUT2D eigenvalue weighted by molar-refractivity contribution is 6.07. The van der Waals surface area contributed by atoms with Gasteiger partial charge in [0.2, 0.25) is 0 Å². The van der Waals surface area contributed by atoms with Crippen molar-refractivity contribution in [3.8, 4) is 17.2 Å². The van der Waals surface area contributed by atoms with Crippen LogP contribution < -0.4 is 14.2 Å². The van der Waals surface area contributed by atoms with Gasteiger partial charge in [0.05, 0.1) is 7.11 Å². The Bertz CT molecular complexity index is 999. The van der Waals surface area contributed by atoms with E-state index in [0.29, 0.717) is 12.2 Å². The van der Waals surface area contributed by atoms with Gasteiger partial charge in [-0.05, 0) is 47.5 Å². The molecular weight excluding hydrogens is 390 g/mol. The SMILES string of the molecule is COc1cc(C(=O)/C=C/c2ccc(OCc3ccccc3)cc2)ccc1OC(F)F. The van der Waals surface area contributed by atoms with Crippen LogP contribution in [0.25, 0.3) is 6.08 Å². The normalized spacial score (nSPS) is 10.9. The zero-order valence-electron chi connectivity index (χ0n) is 16.3. The lowest BCUT2D eigenvalue weighted by Gasteiger charge is -2.10. The van der Waals surface area contributed by atoms with Crippen molar-refractivity contribution in [1.29, 1.82) is 0 Å². The molecule has 0 aliphatic rings. The van der Waals surface area contributed by atoms with Crippen LogP contribution in [0.15, 0.2) is 78.9 Å². The summed E-state index contributed by atoms with van der Waals surface area (Å²) in [4.78, 5) is 12.4. The highest BCUT2D eigenvalue weighted by Gasteiger charge is 2.13. The van der Waals surface area contributed by atoms with E-state index in [-0.39, 0.29) is 17.3 Å². The maximum Gasteiger partial charge on any atom is 0.387 e. The Balaban J connectivity index is 1.61. The summed E-state index contributed by atoms with van der Waals surface area (Å²) in [6.07, 6.45) is 3.07. The van der Waals surface area contributed by atoms with Crippen LogP contribution in [0.1, 0.15) is 21.5 Å². The summed E-state index contributed by atoms with van der Waals surface area (Å²) < 4.78 is 39.9. The van der Waals surface area contributed by atoms with Crippen LogP contribution in [0.2, 0.25) is 0 Å².